The van der Waals surface area contributed by atoms with Gasteiger partial charge in [0.1, 0.15) is 0 Å². The van der Waals surface area contributed by atoms with Gasteiger partial charge in [0.15, 0.2) is 5.78 Å². The molecule has 1 aliphatic rings. The van der Waals surface area contributed by atoms with Crippen LogP contribution >= 0.6 is 0 Å². The van der Waals surface area contributed by atoms with Crippen molar-refractivity contribution in [3.8, 4) is 0 Å². The Morgan fingerprint density at radius 1 is 0.882 bits per heavy atom. The molecule has 2 nitrogen and oxygen atoms in total. The maximum Gasteiger partial charge on any atom is 0.173 e. The van der Waals surface area contributed by atoms with Gasteiger partial charge in [0.2, 0.25) is 0 Å². The summed E-state index contributed by atoms with van der Waals surface area (Å²) >= 11 is 0. The van der Waals surface area contributed by atoms with Crippen molar-refractivity contribution in [1.29, 1.82) is 0 Å². The maximum absolute atomic E-state index is 12.2. The third-order valence-electron chi connectivity index (χ3n) is 3.30. The summed E-state index contributed by atoms with van der Waals surface area (Å²) in [5, 5.41) is 10.2. The van der Waals surface area contributed by atoms with Gasteiger partial charge in [0.25, 0.3) is 0 Å². The molecular formula is C15H12O2. The Bertz CT molecular complexity index is 560. The van der Waals surface area contributed by atoms with Crippen molar-refractivity contribution in [2.75, 3.05) is 0 Å². The third-order valence-corrected chi connectivity index (χ3v) is 3.30. The topological polar surface area (TPSA) is 37.3 Å². The molecular weight excluding hydrogens is 212 g/mol. The van der Waals surface area contributed by atoms with Gasteiger partial charge in [0.05, 0.1) is 12.0 Å². The van der Waals surface area contributed by atoms with Crippen LogP contribution in [0.2, 0.25) is 0 Å². The van der Waals surface area contributed by atoms with Crippen LogP contribution in [0.15, 0.2) is 54.6 Å². The van der Waals surface area contributed by atoms with Crippen LogP contribution in [-0.2, 0) is 0 Å². The number of rotatable bonds is 1. The number of ketones is 1. The predicted molar refractivity (Wildman–Crippen MR) is 64.9 cm³/mol. The van der Waals surface area contributed by atoms with Crippen molar-refractivity contribution in [2.24, 2.45) is 0 Å². The zero-order valence-electron chi connectivity index (χ0n) is 9.21. The Morgan fingerprint density at radius 3 is 2.24 bits per heavy atom. The Labute approximate surface area is 99.5 Å². The normalized spacial score (nSPS) is 22.5. The molecule has 2 aromatic rings. The fourth-order valence-electron chi connectivity index (χ4n) is 2.46. The van der Waals surface area contributed by atoms with Crippen molar-refractivity contribution in [2.45, 2.75) is 12.0 Å². The molecule has 2 heteroatoms. The van der Waals surface area contributed by atoms with Crippen LogP contribution in [0.3, 0.4) is 0 Å². The Balaban J connectivity index is 2.10. The van der Waals surface area contributed by atoms with E-state index in [2.05, 4.69) is 0 Å². The number of benzene rings is 2. The number of aliphatic hydroxyl groups is 1. The third kappa shape index (κ3) is 1.49. The number of hydrogen-bond acceptors (Lipinski definition) is 2. The van der Waals surface area contributed by atoms with Crippen molar-refractivity contribution in [3.63, 3.8) is 0 Å². The van der Waals surface area contributed by atoms with Gasteiger partial charge in [-0.05, 0) is 11.1 Å². The molecule has 0 aliphatic heterocycles. The summed E-state index contributed by atoms with van der Waals surface area (Å²) in [5.74, 6) is -0.437. The molecule has 0 bridgehead atoms. The fourth-order valence-corrected chi connectivity index (χ4v) is 2.46. The molecule has 84 valence electrons. The first-order valence-electron chi connectivity index (χ1n) is 5.65. The van der Waals surface area contributed by atoms with Gasteiger partial charge in [-0.1, -0.05) is 54.6 Å². The largest absolute Gasteiger partial charge is 0.387 e. The minimum atomic E-state index is -0.721. The molecule has 0 spiro atoms. The van der Waals surface area contributed by atoms with E-state index in [4.69, 9.17) is 0 Å². The second-order valence-corrected chi connectivity index (χ2v) is 4.28. The summed E-state index contributed by atoms with van der Waals surface area (Å²) in [5.41, 5.74) is 2.27. The molecule has 17 heavy (non-hydrogen) atoms. The van der Waals surface area contributed by atoms with Crippen molar-refractivity contribution >= 4 is 5.78 Å². The van der Waals surface area contributed by atoms with E-state index in [0.29, 0.717) is 5.56 Å². The van der Waals surface area contributed by atoms with Gasteiger partial charge in [0, 0.05) is 5.56 Å². The highest BCUT2D eigenvalue weighted by molar-refractivity contribution is 6.05. The molecule has 0 saturated heterocycles. The van der Waals surface area contributed by atoms with Gasteiger partial charge in [-0.25, -0.2) is 0 Å². The molecule has 1 aliphatic carbocycles. The molecule has 0 aromatic heterocycles. The summed E-state index contributed by atoms with van der Waals surface area (Å²) < 4.78 is 0. The highest BCUT2D eigenvalue weighted by atomic mass is 16.3. The molecule has 0 radical (unpaired) electrons. The summed E-state index contributed by atoms with van der Waals surface area (Å²) in [6, 6.07) is 16.7. The molecule has 0 saturated carbocycles. The van der Waals surface area contributed by atoms with E-state index in [1.54, 1.807) is 6.07 Å². The fraction of sp³-hybridized carbons (Fsp3) is 0.133. The second-order valence-electron chi connectivity index (χ2n) is 4.28. The molecule has 0 amide bonds. The highest BCUT2D eigenvalue weighted by Crippen LogP contribution is 2.41. The average molecular weight is 224 g/mol. The lowest BCUT2D eigenvalue weighted by Crippen LogP contribution is -2.11. The van der Waals surface area contributed by atoms with E-state index in [1.807, 2.05) is 48.5 Å². The summed E-state index contributed by atoms with van der Waals surface area (Å²) in [6.45, 7) is 0. The molecule has 2 atom stereocenters. The van der Waals surface area contributed by atoms with E-state index < -0.39 is 12.0 Å². The Morgan fingerprint density at radius 2 is 1.53 bits per heavy atom. The second kappa shape index (κ2) is 3.82. The standard InChI is InChI=1S/C15H12O2/c16-14-11-8-4-5-9-12(11)15(17)13(14)10-6-2-1-3-7-10/h1-9,13-14,16H/t13-,14-/m1/s1. The summed E-state index contributed by atoms with van der Waals surface area (Å²) in [4.78, 5) is 12.2. The average Bonchev–Trinajstić information content (AvgIpc) is 2.64. The molecule has 0 heterocycles. The lowest BCUT2D eigenvalue weighted by atomic mass is 9.93. The SMILES string of the molecule is O=C1c2ccccc2[C@@H](O)[C@H]1c1ccccc1. The number of Topliss-reactive ketones (excluding diaryl/α,β-unsaturated/α-hetero) is 1. The zero-order valence-corrected chi connectivity index (χ0v) is 9.21. The van der Waals surface area contributed by atoms with E-state index in [9.17, 15) is 9.90 Å². The Hall–Kier alpha value is -1.93. The monoisotopic (exact) mass is 224 g/mol. The molecule has 1 N–H and O–H groups in total. The highest BCUT2D eigenvalue weighted by Gasteiger charge is 2.39. The first kappa shape index (κ1) is 10.2. The van der Waals surface area contributed by atoms with Gasteiger partial charge < -0.3 is 5.11 Å². The van der Waals surface area contributed by atoms with Gasteiger partial charge >= 0.3 is 0 Å². The van der Waals surface area contributed by atoms with Crippen LogP contribution in [0, 0.1) is 0 Å². The first-order valence-corrected chi connectivity index (χ1v) is 5.65. The van der Waals surface area contributed by atoms with Crippen LogP contribution in [0.5, 0.6) is 0 Å². The minimum absolute atomic E-state index is 0.0132. The maximum atomic E-state index is 12.2. The number of aliphatic hydroxyl groups excluding tert-OH is 1. The van der Waals surface area contributed by atoms with Crippen molar-refractivity contribution < 1.29 is 9.90 Å². The molecule has 0 fully saturated rings. The minimum Gasteiger partial charge on any atom is -0.387 e. The van der Waals surface area contributed by atoms with E-state index in [0.717, 1.165) is 11.1 Å². The van der Waals surface area contributed by atoms with Crippen LogP contribution < -0.4 is 0 Å². The zero-order chi connectivity index (χ0) is 11.8. The van der Waals surface area contributed by atoms with Gasteiger partial charge in [-0.15, -0.1) is 0 Å². The predicted octanol–water partition coefficient (Wildman–Crippen LogP) is 2.70. The van der Waals surface area contributed by atoms with E-state index in [1.165, 1.54) is 0 Å². The van der Waals surface area contributed by atoms with Crippen molar-refractivity contribution in [3.05, 3.63) is 71.3 Å². The number of carbonyl (C=O) groups is 1. The number of hydrogen-bond donors (Lipinski definition) is 1. The summed E-state index contributed by atoms with van der Waals surface area (Å²) in [7, 11) is 0. The van der Waals surface area contributed by atoms with E-state index in [-0.39, 0.29) is 5.78 Å². The Kier molecular flexibility index (Phi) is 2.30. The van der Waals surface area contributed by atoms with Crippen LogP contribution in [-0.4, -0.2) is 10.9 Å². The van der Waals surface area contributed by atoms with Gasteiger partial charge in [-0.3, -0.25) is 4.79 Å². The number of carbonyl (C=O) groups excluding carboxylic acids is 1. The van der Waals surface area contributed by atoms with Crippen molar-refractivity contribution in [1.82, 2.24) is 0 Å². The van der Waals surface area contributed by atoms with Crippen LogP contribution in [0.1, 0.15) is 33.5 Å². The summed E-state index contributed by atoms with van der Waals surface area (Å²) in [6.07, 6.45) is -0.721. The van der Waals surface area contributed by atoms with E-state index >= 15 is 0 Å². The lowest BCUT2D eigenvalue weighted by Gasteiger charge is -2.13. The van der Waals surface area contributed by atoms with Crippen LogP contribution in [0.25, 0.3) is 0 Å². The first-order chi connectivity index (χ1) is 8.29. The smallest absolute Gasteiger partial charge is 0.173 e. The molecule has 2 aromatic carbocycles. The lowest BCUT2D eigenvalue weighted by molar-refractivity contribution is 0.0872. The van der Waals surface area contributed by atoms with Crippen LogP contribution in [0.4, 0.5) is 0 Å². The molecule has 0 unspecified atom stereocenters. The van der Waals surface area contributed by atoms with Gasteiger partial charge in [-0.2, -0.15) is 0 Å². The number of fused-ring (bicyclic) bond motifs is 1. The molecule has 3 rings (SSSR count). The quantitative estimate of drug-likeness (QED) is 0.808.